The first-order valence-corrected chi connectivity index (χ1v) is 6.43. The normalized spacial score (nSPS) is 12.3. The van der Waals surface area contributed by atoms with E-state index in [0.29, 0.717) is 12.1 Å². The standard InChI is InChI=1S/C14H11BrF3N/c1-8(9-3-2-4-10(15)5-9)19-14-12(17)6-11(16)7-13(14)18/h2-8,19H,1H3. The average molecular weight is 330 g/mol. The Morgan fingerprint density at radius 2 is 1.68 bits per heavy atom. The Balaban J connectivity index is 2.26. The molecule has 0 radical (unpaired) electrons. The van der Waals surface area contributed by atoms with E-state index in [2.05, 4.69) is 21.2 Å². The van der Waals surface area contributed by atoms with E-state index in [4.69, 9.17) is 0 Å². The van der Waals surface area contributed by atoms with Gasteiger partial charge >= 0.3 is 0 Å². The Hall–Kier alpha value is -1.49. The van der Waals surface area contributed by atoms with E-state index in [1.807, 2.05) is 24.3 Å². The largest absolute Gasteiger partial charge is 0.374 e. The van der Waals surface area contributed by atoms with Crippen LogP contribution in [0.5, 0.6) is 0 Å². The van der Waals surface area contributed by atoms with Crippen molar-refractivity contribution in [2.45, 2.75) is 13.0 Å². The highest BCUT2D eigenvalue weighted by atomic mass is 79.9. The molecule has 0 aliphatic heterocycles. The number of hydrogen-bond donors (Lipinski definition) is 1. The summed E-state index contributed by atoms with van der Waals surface area (Å²) < 4.78 is 40.7. The fourth-order valence-electron chi connectivity index (χ4n) is 1.76. The average Bonchev–Trinajstić information content (AvgIpc) is 2.33. The first-order valence-electron chi connectivity index (χ1n) is 5.64. The lowest BCUT2D eigenvalue weighted by Crippen LogP contribution is -2.10. The molecular weight excluding hydrogens is 319 g/mol. The summed E-state index contributed by atoms with van der Waals surface area (Å²) in [6.45, 7) is 1.77. The van der Waals surface area contributed by atoms with Crippen LogP contribution in [0.1, 0.15) is 18.5 Å². The topological polar surface area (TPSA) is 12.0 Å². The minimum absolute atomic E-state index is 0.313. The van der Waals surface area contributed by atoms with Crippen molar-refractivity contribution in [1.82, 2.24) is 0 Å². The molecule has 0 heterocycles. The maximum atomic E-state index is 13.5. The van der Waals surface area contributed by atoms with Gasteiger partial charge in [0.2, 0.25) is 0 Å². The SMILES string of the molecule is CC(Nc1c(F)cc(F)cc1F)c1cccc(Br)c1. The Kier molecular flexibility index (Phi) is 4.14. The zero-order chi connectivity index (χ0) is 14.0. The van der Waals surface area contributed by atoms with E-state index < -0.39 is 17.5 Å². The molecule has 1 N–H and O–H groups in total. The van der Waals surface area contributed by atoms with Crippen LogP contribution in [0, 0.1) is 17.5 Å². The smallest absolute Gasteiger partial charge is 0.152 e. The van der Waals surface area contributed by atoms with Crippen molar-refractivity contribution in [2.75, 3.05) is 5.32 Å². The summed E-state index contributed by atoms with van der Waals surface area (Å²) in [6, 6.07) is 8.35. The minimum atomic E-state index is -0.945. The van der Waals surface area contributed by atoms with Crippen LogP contribution in [0.4, 0.5) is 18.9 Å². The second-order valence-corrected chi connectivity index (χ2v) is 5.08. The molecule has 2 aromatic rings. The zero-order valence-electron chi connectivity index (χ0n) is 10.1. The molecule has 0 aliphatic rings. The number of halogens is 4. The van der Waals surface area contributed by atoms with Crippen molar-refractivity contribution >= 4 is 21.6 Å². The molecule has 0 fully saturated rings. The van der Waals surface area contributed by atoms with Gasteiger partial charge in [0.1, 0.15) is 11.5 Å². The lowest BCUT2D eigenvalue weighted by atomic mass is 10.1. The molecule has 0 aromatic heterocycles. The van der Waals surface area contributed by atoms with E-state index in [-0.39, 0.29) is 11.7 Å². The van der Waals surface area contributed by atoms with Crippen LogP contribution in [0.15, 0.2) is 40.9 Å². The molecule has 0 saturated heterocycles. The van der Waals surface area contributed by atoms with Crippen LogP contribution >= 0.6 is 15.9 Å². The molecule has 2 aromatic carbocycles. The maximum Gasteiger partial charge on any atom is 0.152 e. The van der Waals surface area contributed by atoms with E-state index in [1.165, 1.54) is 0 Å². The minimum Gasteiger partial charge on any atom is -0.374 e. The third kappa shape index (κ3) is 3.29. The van der Waals surface area contributed by atoms with Gasteiger partial charge in [-0.25, -0.2) is 13.2 Å². The summed E-state index contributed by atoms with van der Waals surface area (Å²) in [7, 11) is 0. The predicted octanol–water partition coefficient (Wildman–Crippen LogP) is 5.04. The fraction of sp³-hybridized carbons (Fsp3) is 0.143. The summed E-state index contributed by atoms with van der Waals surface area (Å²) in [5, 5.41) is 2.71. The highest BCUT2D eigenvalue weighted by Crippen LogP contribution is 2.26. The molecule has 1 unspecified atom stereocenters. The maximum absolute atomic E-state index is 13.5. The summed E-state index contributed by atoms with van der Waals surface area (Å²) >= 11 is 3.33. The highest BCUT2D eigenvalue weighted by Gasteiger charge is 2.14. The van der Waals surface area contributed by atoms with Crippen molar-refractivity contribution in [3.8, 4) is 0 Å². The van der Waals surface area contributed by atoms with Gasteiger partial charge in [-0.05, 0) is 24.6 Å². The molecule has 2 rings (SSSR count). The molecule has 0 amide bonds. The van der Waals surface area contributed by atoms with Crippen molar-refractivity contribution in [3.05, 3.63) is 63.9 Å². The van der Waals surface area contributed by atoms with Gasteiger partial charge in [-0.1, -0.05) is 28.1 Å². The van der Waals surface area contributed by atoms with Gasteiger partial charge in [0.25, 0.3) is 0 Å². The Bertz CT molecular complexity index is 578. The zero-order valence-corrected chi connectivity index (χ0v) is 11.6. The van der Waals surface area contributed by atoms with E-state index in [1.54, 1.807) is 6.92 Å². The molecule has 1 atom stereocenters. The van der Waals surface area contributed by atoms with Crippen molar-refractivity contribution in [2.24, 2.45) is 0 Å². The molecule has 0 aliphatic carbocycles. The number of anilines is 1. The Morgan fingerprint density at radius 1 is 1.05 bits per heavy atom. The molecule has 100 valence electrons. The molecule has 1 nitrogen and oxygen atoms in total. The lowest BCUT2D eigenvalue weighted by Gasteiger charge is -2.17. The molecule has 5 heteroatoms. The van der Waals surface area contributed by atoms with Crippen LogP contribution in [-0.2, 0) is 0 Å². The number of rotatable bonds is 3. The van der Waals surface area contributed by atoms with Crippen LogP contribution in [0.3, 0.4) is 0 Å². The first-order chi connectivity index (χ1) is 8.97. The Labute approximate surface area is 117 Å². The lowest BCUT2D eigenvalue weighted by molar-refractivity contribution is 0.545. The van der Waals surface area contributed by atoms with Gasteiger partial charge in [-0.2, -0.15) is 0 Å². The third-order valence-corrected chi connectivity index (χ3v) is 3.21. The summed E-state index contributed by atoms with van der Waals surface area (Å²) in [6.07, 6.45) is 0. The first kappa shape index (κ1) is 13.9. The van der Waals surface area contributed by atoms with Gasteiger partial charge in [-0.3, -0.25) is 0 Å². The number of benzene rings is 2. The quantitative estimate of drug-likeness (QED) is 0.831. The van der Waals surface area contributed by atoms with Crippen LogP contribution in [0.25, 0.3) is 0 Å². The summed E-state index contributed by atoms with van der Waals surface area (Å²) in [5.41, 5.74) is 0.534. The number of nitrogens with one attached hydrogen (secondary N) is 1. The monoisotopic (exact) mass is 329 g/mol. The van der Waals surface area contributed by atoms with E-state index in [0.717, 1.165) is 10.0 Å². The van der Waals surface area contributed by atoms with Gasteiger partial charge in [0.05, 0.1) is 0 Å². The van der Waals surface area contributed by atoms with Crippen LogP contribution in [-0.4, -0.2) is 0 Å². The van der Waals surface area contributed by atoms with Crippen LogP contribution in [0.2, 0.25) is 0 Å². The Morgan fingerprint density at radius 3 is 2.26 bits per heavy atom. The molecule has 0 saturated carbocycles. The second kappa shape index (κ2) is 5.65. The molecule has 0 spiro atoms. The van der Waals surface area contributed by atoms with Gasteiger partial charge in [0.15, 0.2) is 11.6 Å². The molecule has 19 heavy (non-hydrogen) atoms. The van der Waals surface area contributed by atoms with Crippen molar-refractivity contribution < 1.29 is 13.2 Å². The van der Waals surface area contributed by atoms with Gasteiger partial charge in [0, 0.05) is 22.6 Å². The number of hydrogen-bond acceptors (Lipinski definition) is 1. The highest BCUT2D eigenvalue weighted by molar-refractivity contribution is 9.10. The van der Waals surface area contributed by atoms with Crippen molar-refractivity contribution in [1.29, 1.82) is 0 Å². The molecule has 0 bridgehead atoms. The predicted molar refractivity (Wildman–Crippen MR) is 72.5 cm³/mol. The fourth-order valence-corrected chi connectivity index (χ4v) is 2.17. The van der Waals surface area contributed by atoms with Crippen molar-refractivity contribution in [3.63, 3.8) is 0 Å². The van der Waals surface area contributed by atoms with Crippen LogP contribution < -0.4 is 5.32 Å². The van der Waals surface area contributed by atoms with Gasteiger partial charge in [-0.15, -0.1) is 0 Å². The molecular formula is C14H11BrF3N. The van der Waals surface area contributed by atoms with E-state index in [9.17, 15) is 13.2 Å². The summed E-state index contributed by atoms with van der Waals surface area (Å²) in [5.74, 6) is -2.82. The second-order valence-electron chi connectivity index (χ2n) is 4.17. The third-order valence-electron chi connectivity index (χ3n) is 2.72. The summed E-state index contributed by atoms with van der Waals surface area (Å²) in [4.78, 5) is 0. The van der Waals surface area contributed by atoms with E-state index >= 15 is 0 Å². The van der Waals surface area contributed by atoms with Gasteiger partial charge < -0.3 is 5.32 Å².